The number of halogens is 3. The molecular formula is C14H12F3NO3S. The summed E-state index contributed by atoms with van der Waals surface area (Å²) < 4.78 is 71.2. The van der Waals surface area contributed by atoms with Gasteiger partial charge >= 0.3 is 0 Å². The molecule has 0 saturated heterocycles. The maximum Gasteiger partial charge on any atom is 0.269 e. The van der Waals surface area contributed by atoms with Gasteiger partial charge in [0.15, 0.2) is 0 Å². The fourth-order valence-electron chi connectivity index (χ4n) is 1.83. The first-order chi connectivity index (χ1) is 10.4. The maximum absolute atomic E-state index is 13.9. The number of methoxy groups -OCH3 is 1. The zero-order valence-corrected chi connectivity index (χ0v) is 12.3. The molecule has 0 atom stereocenters. The highest BCUT2D eigenvalue weighted by Gasteiger charge is 2.30. The van der Waals surface area contributed by atoms with Crippen molar-refractivity contribution in [1.82, 2.24) is 0 Å². The number of anilines is 1. The molecule has 118 valence electrons. The van der Waals surface area contributed by atoms with Crippen LogP contribution in [0.2, 0.25) is 0 Å². The van der Waals surface area contributed by atoms with Gasteiger partial charge in [-0.1, -0.05) is 12.1 Å². The first-order valence-corrected chi connectivity index (χ1v) is 7.53. The SMILES string of the molecule is COCN(c1ccccc1F)S(=O)(=O)c1cc(F)ccc1F. The van der Waals surface area contributed by atoms with Gasteiger partial charge in [-0.15, -0.1) is 0 Å². The molecule has 0 spiro atoms. The minimum Gasteiger partial charge on any atom is -0.363 e. The monoisotopic (exact) mass is 331 g/mol. The summed E-state index contributed by atoms with van der Waals surface area (Å²) in [6.45, 7) is -0.556. The lowest BCUT2D eigenvalue weighted by Crippen LogP contribution is -2.34. The molecule has 0 aliphatic carbocycles. The standard InChI is InChI=1S/C14H12F3NO3S/c1-21-9-18(13-5-3-2-4-11(13)16)22(19,20)14-8-10(15)6-7-12(14)17/h2-8H,9H2,1H3. The van der Waals surface area contributed by atoms with Crippen molar-refractivity contribution in [3.63, 3.8) is 0 Å². The van der Waals surface area contributed by atoms with Crippen LogP contribution >= 0.6 is 0 Å². The highest BCUT2D eigenvalue weighted by molar-refractivity contribution is 7.92. The van der Waals surface area contributed by atoms with Crippen molar-refractivity contribution in [2.45, 2.75) is 4.90 Å². The van der Waals surface area contributed by atoms with E-state index in [0.29, 0.717) is 16.4 Å². The molecule has 0 saturated carbocycles. The largest absolute Gasteiger partial charge is 0.363 e. The maximum atomic E-state index is 13.9. The number of rotatable bonds is 5. The van der Waals surface area contributed by atoms with Crippen molar-refractivity contribution in [2.24, 2.45) is 0 Å². The normalized spacial score (nSPS) is 11.5. The number of hydrogen-bond acceptors (Lipinski definition) is 3. The van der Waals surface area contributed by atoms with E-state index in [1.807, 2.05) is 0 Å². The highest BCUT2D eigenvalue weighted by atomic mass is 32.2. The first kappa shape index (κ1) is 16.3. The summed E-state index contributed by atoms with van der Waals surface area (Å²) in [5.41, 5.74) is -0.326. The molecule has 0 radical (unpaired) electrons. The molecule has 0 aliphatic rings. The minimum absolute atomic E-state index is 0.326. The van der Waals surface area contributed by atoms with Crippen LogP contribution in [-0.2, 0) is 14.8 Å². The third-order valence-electron chi connectivity index (χ3n) is 2.83. The zero-order valence-electron chi connectivity index (χ0n) is 11.5. The molecule has 0 bridgehead atoms. The Morgan fingerprint density at radius 3 is 2.36 bits per heavy atom. The Balaban J connectivity index is 2.61. The molecule has 2 aromatic rings. The van der Waals surface area contributed by atoms with Gasteiger partial charge in [-0.2, -0.15) is 0 Å². The van der Waals surface area contributed by atoms with Gasteiger partial charge in [-0.25, -0.2) is 25.9 Å². The molecule has 22 heavy (non-hydrogen) atoms. The van der Waals surface area contributed by atoms with E-state index in [9.17, 15) is 21.6 Å². The molecule has 2 aromatic carbocycles. The lowest BCUT2D eigenvalue weighted by Gasteiger charge is -2.24. The summed E-state index contributed by atoms with van der Waals surface area (Å²) in [6.07, 6.45) is 0. The lowest BCUT2D eigenvalue weighted by molar-refractivity contribution is 0.209. The van der Waals surface area contributed by atoms with E-state index >= 15 is 0 Å². The number of sulfonamides is 1. The van der Waals surface area contributed by atoms with Crippen LogP contribution in [0.5, 0.6) is 0 Å². The zero-order chi connectivity index (χ0) is 16.3. The van der Waals surface area contributed by atoms with Crippen LogP contribution in [0.1, 0.15) is 0 Å². The molecule has 0 aromatic heterocycles. The lowest BCUT2D eigenvalue weighted by atomic mass is 10.3. The van der Waals surface area contributed by atoms with E-state index < -0.39 is 39.1 Å². The molecule has 8 heteroatoms. The van der Waals surface area contributed by atoms with Crippen molar-refractivity contribution < 1.29 is 26.3 Å². The second-order valence-electron chi connectivity index (χ2n) is 4.30. The van der Waals surface area contributed by atoms with E-state index in [4.69, 9.17) is 4.74 Å². The molecule has 4 nitrogen and oxygen atoms in total. The number of hydrogen-bond donors (Lipinski definition) is 0. The molecular weight excluding hydrogens is 319 g/mol. The van der Waals surface area contributed by atoms with Crippen LogP contribution in [-0.4, -0.2) is 22.3 Å². The van der Waals surface area contributed by atoms with Crippen LogP contribution in [0.25, 0.3) is 0 Å². The first-order valence-electron chi connectivity index (χ1n) is 6.09. The van der Waals surface area contributed by atoms with Crippen molar-refractivity contribution in [2.75, 3.05) is 18.1 Å². The molecule has 0 heterocycles. The molecule has 0 aliphatic heterocycles. The Bertz CT molecular complexity index is 781. The molecule has 0 amide bonds. The summed E-state index contributed by atoms with van der Waals surface area (Å²) in [5, 5.41) is 0. The Morgan fingerprint density at radius 1 is 1.05 bits per heavy atom. The van der Waals surface area contributed by atoms with E-state index in [1.54, 1.807) is 0 Å². The number of nitrogens with zero attached hydrogens (tertiary/aromatic N) is 1. The van der Waals surface area contributed by atoms with E-state index in [2.05, 4.69) is 0 Å². The van der Waals surface area contributed by atoms with Gasteiger partial charge in [-0.3, -0.25) is 0 Å². The Kier molecular flexibility index (Phi) is 4.72. The molecule has 0 N–H and O–H groups in total. The van der Waals surface area contributed by atoms with Gasteiger partial charge in [0.2, 0.25) is 0 Å². The van der Waals surface area contributed by atoms with Crippen molar-refractivity contribution in [3.8, 4) is 0 Å². The van der Waals surface area contributed by atoms with Crippen LogP contribution in [0.4, 0.5) is 18.9 Å². The van der Waals surface area contributed by atoms with Crippen LogP contribution < -0.4 is 4.31 Å². The Morgan fingerprint density at radius 2 is 1.73 bits per heavy atom. The third-order valence-corrected chi connectivity index (χ3v) is 4.58. The van der Waals surface area contributed by atoms with Gasteiger partial charge in [0.1, 0.15) is 29.1 Å². The smallest absolute Gasteiger partial charge is 0.269 e. The van der Waals surface area contributed by atoms with E-state index in [1.165, 1.54) is 25.3 Å². The summed E-state index contributed by atoms with van der Waals surface area (Å²) in [4.78, 5) is -0.896. The number of ether oxygens (including phenoxy) is 1. The third kappa shape index (κ3) is 3.07. The minimum atomic E-state index is -4.54. The summed E-state index contributed by atoms with van der Waals surface area (Å²) in [6, 6.07) is 7.05. The number of benzene rings is 2. The van der Waals surface area contributed by atoms with E-state index in [-0.39, 0.29) is 5.69 Å². The van der Waals surface area contributed by atoms with Crippen LogP contribution in [0.3, 0.4) is 0 Å². The molecule has 2 rings (SSSR count). The summed E-state index contributed by atoms with van der Waals surface area (Å²) >= 11 is 0. The average molecular weight is 331 g/mol. The van der Waals surface area contributed by atoms with Crippen molar-refractivity contribution in [3.05, 3.63) is 59.9 Å². The molecule has 0 unspecified atom stereocenters. The summed E-state index contributed by atoms with van der Waals surface area (Å²) in [7, 11) is -3.34. The van der Waals surface area contributed by atoms with Crippen LogP contribution in [0.15, 0.2) is 47.4 Å². The fourth-order valence-corrected chi connectivity index (χ4v) is 3.30. The van der Waals surface area contributed by atoms with Gasteiger partial charge in [-0.05, 0) is 30.3 Å². The van der Waals surface area contributed by atoms with Crippen molar-refractivity contribution in [1.29, 1.82) is 0 Å². The van der Waals surface area contributed by atoms with Crippen LogP contribution in [0, 0.1) is 17.5 Å². The second-order valence-corrected chi connectivity index (χ2v) is 6.13. The van der Waals surface area contributed by atoms with Gasteiger partial charge in [0.25, 0.3) is 10.0 Å². The fraction of sp³-hybridized carbons (Fsp3) is 0.143. The molecule has 0 fully saturated rings. The average Bonchev–Trinajstić information content (AvgIpc) is 2.48. The Labute approximate surface area is 125 Å². The quantitative estimate of drug-likeness (QED) is 0.792. The van der Waals surface area contributed by atoms with Crippen molar-refractivity contribution >= 4 is 15.7 Å². The van der Waals surface area contributed by atoms with Gasteiger partial charge < -0.3 is 4.74 Å². The van der Waals surface area contributed by atoms with E-state index in [0.717, 1.165) is 12.1 Å². The predicted molar refractivity (Wildman–Crippen MR) is 74.3 cm³/mol. The predicted octanol–water partition coefficient (Wildman–Crippen LogP) is 2.90. The highest BCUT2D eigenvalue weighted by Crippen LogP contribution is 2.27. The van der Waals surface area contributed by atoms with Gasteiger partial charge in [0.05, 0.1) is 5.69 Å². The number of para-hydroxylation sites is 1. The second kappa shape index (κ2) is 6.37. The topological polar surface area (TPSA) is 46.6 Å². The Hall–Kier alpha value is -2.06. The van der Waals surface area contributed by atoms with Gasteiger partial charge in [0, 0.05) is 7.11 Å². The summed E-state index contributed by atoms with van der Waals surface area (Å²) in [5.74, 6) is -2.90.